The van der Waals surface area contributed by atoms with Gasteiger partial charge in [0.05, 0.1) is 31.0 Å². The molecule has 0 spiro atoms. The molecule has 4 aliphatic rings. The molecule has 30 heavy (non-hydrogen) atoms. The van der Waals surface area contributed by atoms with E-state index in [4.69, 9.17) is 4.74 Å². The topological polar surface area (TPSA) is 69.9 Å². The van der Waals surface area contributed by atoms with Gasteiger partial charge in [0, 0.05) is 11.8 Å². The molecule has 0 aromatic heterocycles. The Hall–Kier alpha value is -0.940. The van der Waals surface area contributed by atoms with E-state index in [1.54, 1.807) is 0 Å². The monoisotopic (exact) mass is 416 g/mol. The number of allylic oxidation sites excluding steroid dienone is 4. The standard InChI is InChI=1S/C26H40O4/c1-15(2)23(28)14-30-16(3)20-8-9-21-19-7-6-17-12-18(27)13-24(29)26(17,5)22(19)10-11-25(20,21)4/h6-8,15-16,18,21-24,27-29H,9-14H2,1-5H3/t16-,18-,21+,22+,23-,24+,25-,26+/m1/s1. The molecule has 2 fully saturated rings. The summed E-state index contributed by atoms with van der Waals surface area (Å²) < 4.78 is 6.12. The first kappa shape index (κ1) is 22.3. The van der Waals surface area contributed by atoms with E-state index in [2.05, 4.69) is 39.0 Å². The SMILES string of the molecule is CC(C)[C@H](O)CO[C@H](C)C1=CC[C@H]2C3=CC=C4C[C@@H](O)C[C@H](O)[C@]4(C)[C@H]3CC[C@]12C. The molecular formula is C26H40O4. The molecule has 0 radical (unpaired) electrons. The van der Waals surface area contributed by atoms with Crippen molar-refractivity contribution in [3.05, 3.63) is 34.9 Å². The fraction of sp³-hybridized carbons (Fsp3) is 0.769. The van der Waals surface area contributed by atoms with Gasteiger partial charge in [-0.25, -0.2) is 0 Å². The third kappa shape index (κ3) is 3.35. The smallest absolute Gasteiger partial charge is 0.0796 e. The van der Waals surface area contributed by atoms with Crippen LogP contribution in [0.1, 0.15) is 66.7 Å². The van der Waals surface area contributed by atoms with E-state index < -0.39 is 18.3 Å². The summed E-state index contributed by atoms with van der Waals surface area (Å²) in [7, 11) is 0. The molecule has 0 amide bonds. The molecule has 4 rings (SSSR count). The van der Waals surface area contributed by atoms with Crippen molar-refractivity contribution in [3.63, 3.8) is 0 Å². The van der Waals surface area contributed by atoms with Crippen LogP contribution in [-0.2, 0) is 4.74 Å². The maximum absolute atomic E-state index is 11.0. The molecule has 4 heteroatoms. The highest BCUT2D eigenvalue weighted by atomic mass is 16.5. The molecule has 0 heterocycles. The van der Waals surface area contributed by atoms with Crippen LogP contribution in [0.15, 0.2) is 34.9 Å². The highest BCUT2D eigenvalue weighted by Crippen LogP contribution is 2.64. The van der Waals surface area contributed by atoms with E-state index in [1.807, 2.05) is 13.8 Å². The van der Waals surface area contributed by atoms with E-state index >= 15 is 0 Å². The maximum Gasteiger partial charge on any atom is 0.0796 e. The average Bonchev–Trinajstić information content (AvgIpc) is 3.04. The van der Waals surface area contributed by atoms with E-state index in [0.717, 1.165) is 19.3 Å². The molecule has 2 saturated carbocycles. The zero-order chi connectivity index (χ0) is 21.8. The second-order valence-corrected chi connectivity index (χ2v) is 11.0. The van der Waals surface area contributed by atoms with Gasteiger partial charge in [0.1, 0.15) is 0 Å². The fourth-order valence-electron chi connectivity index (χ4n) is 6.82. The van der Waals surface area contributed by atoms with Gasteiger partial charge in [-0.3, -0.25) is 0 Å². The molecule has 4 aliphatic carbocycles. The van der Waals surface area contributed by atoms with Crippen molar-refractivity contribution >= 4 is 0 Å². The van der Waals surface area contributed by atoms with Crippen LogP contribution in [0.25, 0.3) is 0 Å². The van der Waals surface area contributed by atoms with Crippen LogP contribution >= 0.6 is 0 Å². The Morgan fingerprint density at radius 2 is 1.87 bits per heavy atom. The first-order valence-electron chi connectivity index (χ1n) is 11.9. The molecule has 0 aromatic rings. The largest absolute Gasteiger partial charge is 0.393 e. The van der Waals surface area contributed by atoms with Crippen LogP contribution in [0.3, 0.4) is 0 Å². The lowest BCUT2D eigenvalue weighted by Gasteiger charge is -2.56. The summed E-state index contributed by atoms with van der Waals surface area (Å²) in [6.45, 7) is 11.1. The summed E-state index contributed by atoms with van der Waals surface area (Å²) in [6, 6.07) is 0. The zero-order valence-electron chi connectivity index (χ0n) is 19.3. The summed E-state index contributed by atoms with van der Waals surface area (Å²) in [5, 5.41) is 31.3. The van der Waals surface area contributed by atoms with Crippen LogP contribution < -0.4 is 0 Å². The van der Waals surface area contributed by atoms with Gasteiger partial charge in [-0.1, -0.05) is 57.1 Å². The highest BCUT2D eigenvalue weighted by molar-refractivity contribution is 5.43. The number of hydrogen-bond donors (Lipinski definition) is 3. The van der Waals surface area contributed by atoms with Crippen LogP contribution in [0.2, 0.25) is 0 Å². The lowest BCUT2D eigenvalue weighted by Crippen LogP contribution is -2.52. The number of fused-ring (bicyclic) bond motifs is 5. The summed E-state index contributed by atoms with van der Waals surface area (Å²) in [5.41, 5.74) is 3.90. The molecule has 0 bridgehead atoms. The number of ether oxygens (including phenoxy) is 1. The van der Waals surface area contributed by atoms with Gasteiger partial charge < -0.3 is 20.1 Å². The van der Waals surface area contributed by atoms with Gasteiger partial charge in [0.2, 0.25) is 0 Å². The predicted molar refractivity (Wildman–Crippen MR) is 119 cm³/mol. The molecule has 8 atom stereocenters. The van der Waals surface area contributed by atoms with E-state index in [9.17, 15) is 15.3 Å². The summed E-state index contributed by atoms with van der Waals surface area (Å²) in [5.74, 6) is 0.994. The summed E-state index contributed by atoms with van der Waals surface area (Å²) in [4.78, 5) is 0. The Morgan fingerprint density at radius 1 is 1.13 bits per heavy atom. The second-order valence-electron chi connectivity index (χ2n) is 11.0. The molecule has 3 N–H and O–H groups in total. The van der Waals surface area contributed by atoms with Crippen molar-refractivity contribution in [1.29, 1.82) is 0 Å². The quantitative estimate of drug-likeness (QED) is 0.589. The second kappa shape index (κ2) is 7.88. The number of aliphatic hydroxyl groups is 3. The minimum Gasteiger partial charge on any atom is -0.393 e. The van der Waals surface area contributed by atoms with Crippen molar-refractivity contribution < 1.29 is 20.1 Å². The van der Waals surface area contributed by atoms with Crippen LogP contribution in [-0.4, -0.2) is 46.3 Å². The van der Waals surface area contributed by atoms with E-state index in [0.29, 0.717) is 31.3 Å². The lowest BCUT2D eigenvalue weighted by molar-refractivity contribution is -0.0514. The maximum atomic E-state index is 11.0. The van der Waals surface area contributed by atoms with Crippen molar-refractivity contribution in [1.82, 2.24) is 0 Å². The Labute approximate surface area is 181 Å². The van der Waals surface area contributed by atoms with Crippen LogP contribution in [0.5, 0.6) is 0 Å². The van der Waals surface area contributed by atoms with Gasteiger partial charge in [0.15, 0.2) is 0 Å². The summed E-state index contributed by atoms with van der Waals surface area (Å²) in [6.07, 6.45) is 9.86. The predicted octanol–water partition coefficient (Wildman–Crippen LogP) is 4.16. The Kier molecular flexibility index (Phi) is 5.85. The molecule has 0 aromatic carbocycles. The van der Waals surface area contributed by atoms with Crippen molar-refractivity contribution in [2.24, 2.45) is 28.6 Å². The van der Waals surface area contributed by atoms with Gasteiger partial charge in [-0.05, 0) is 61.3 Å². The van der Waals surface area contributed by atoms with Gasteiger partial charge in [0.25, 0.3) is 0 Å². The number of hydrogen-bond acceptors (Lipinski definition) is 4. The van der Waals surface area contributed by atoms with Gasteiger partial charge in [-0.15, -0.1) is 0 Å². The number of rotatable bonds is 5. The average molecular weight is 417 g/mol. The molecule has 0 saturated heterocycles. The third-order valence-corrected chi connectivity index (χ3v) is 9.02. The molecule has 0 aliphatic heterocycles. The van der Waals surface area contributed by atoms with Crippen molar-refractivity contribution in [2.45, 2.75) is 91.1 Å². The molecule has 168 valence electrons. The zero-order valence-corrected chi connectivity index (χ0v) is 19.3. The normalized spacial score (nSPS) is 42.5. The molecule has 0 unspecified atom stereocenters. The number of aliphatic hydroxyl groups excluding tert-OH is 3. The molecular weight excluding hydrogens is 376 g/mol. The van der Waals surface area contributed by atoms with Crippen molar-refractivity contribution in [3.8, 4) is 0 Å². The minimum absolute atomic E-state index is 0.00579. The first-order valence-corrected chi connectivity index (χ1v) is 11.9. The van der Waals surface area contributed by atoms with E-state index in [1.165, 1.54) is 16.7 Å². The van der Waals surface area contributed by atoms with Gasteiger partial charge >= 0.3 is 0 Å². The Bertz CT molecular complexity index is 765. The van der Waals surface area contributed by atoms with Crippen molar-refractivity contribution in [2.75, 3.05) is 6.61 Å². The first-order chi connectivity index (χ1) is 14.1. The van der Waals surface area contributed by atoms with E-state index in [-0.39, 0.29) is 22.9 Å². The van der Waals surface area contributed by atoms with Crippen LogP contribution in [0, 0.1) is 28.6 Å². The Balaban J connectivity index is 1.56. The highest BCUT2D eigenvalue weighted by Gasteiger charge is 2.57. The lowest BCUT2D eigenvalue weighted by atomic mass is 9.49. The summed E-state index contributed by atoms with van der Waals surface area (Å²) >= 11 is 0. The minimum atomic E-state index is -0.487. The third-order valence-electron chi connectivity index (χ3n) is 9.02. The van der Waals surface area contributed by atoms with Crippen LogP contribution in [0.4, 0.5) is 0 Å². The fourth-order valence-corrected chi connectivity index (χ4v) is 6.82. The van der Waals surface area contributed by atoms with Gasteiger partial charge in [-0.2, -0.15) is 0 Å². The molecule has 4 nitrogen and oxygen atoms in total. The Morgan fingerprint density at radius 3 is 2.57 bits per heavy atom.